The van der Waals surface area contributed by atoms with Gasteiger partial charge in [0.25, 0.3) is 5.69 Å². The van der Waals surface area contributed by atoms with E-state index in [0.717, 1.165) is 12.8 Å². The molecule has 1 aliphatic carbocycles. The zero-order chi connectivity index (χ0) is 16.5. The van der Waals surface area contributed by atoms with Gasteiger partial charge in [0.2, 0.25) is 0 Å². The fraction of sp³-hybridized carbons (Fsp3) is 0.647. The van der Waals surface area contributed by atoms with Crippen LogP contribution in [0.25, 0.3) is 0 Å². The van der Waals surface area contributed by atoms with E-state index in [-0.39, 0.29) is 27.5 Å². The lowest BCUT2D eigenvalue weighted by molar-refractivity contribution is -0.384. The number of benzene rings is 1. The monoisotopic (exact) mass is 306 g/mol. The molecule has 0 unspecified atom stereocenters. The fourth-order valence-electron chi connectivity index (χ4n) is 4.08. The summed E-state index contributed by atoms with van der Waals surface area (Å²) in [7, 11) is 1.57. The Kier molecular flexibility index (Phi) is 4.36. The van der Waals surface area contributed by atoms with Crippen molar-refractivity contribution in [2.24, 2.45) is 10.8 Å². The molecule has 0 spiro atoms. The van der Waals surface area contributed by atoms with Crippen molar-refractivity contribution >= 4 is 11.4 Å². The lowest BCUT2D eigenvalue weighted by Crippen LogP contribution is -2.40. The van der Waals surface area contributed by atoms with Gasteiger partial charge in [0.05, 0.1) is 12.0 Å². The van der Waals surface area contributed by atoms with Crippen molar-refractivity contribution in [1.29, 1.82) is 0 Å². The summed E-state index contributed by atoms with van der Waals surface area (Å²) in [6.07, 6.45) is 3.17. The molecule has 1 saturated carbocycles. The van der Waals surface area contributed by atoms with Gasteiger partial charge in [0.1, 0.15) is 11.4 Å². The van der Waals surface area contributed by atoms with E-state index in [1.165, 1.54) is 12.5 Å². The molecular formula is C17H26N2O3. The zero-order valence-corrected chi connectivity index (χ0v) is 14.1. The molecule has 22 heavy (non-hydrogen) atoms. The van der Waals surface area contributed by atoms with E-state index >= 15 is 0 Å². The van der Waals surface area contributed by atoms with Crippen LogP contribution >= 0.6 is 0 Å². The van der Waals surface area contributed by atoms with Gasteiger partial charge in [-0.25, -0.2) is 0 Å². The molecule has 0 atom stereocenters. The lowest BCUT2D eigenvalue weighted by Gasteiger charge is -2.45. The van der Waals surface area contributed by atoms with Gasteiger partial charge >= 0.3 is 0 Å². The summed E-state index contributed by atoms with van der Waals surface area (Å²) in [4.78, 5) is 10.9. The average molecular weight is 306 g/mol. The maximum absolute atomic E-state index is 11.2. The Morgan fingerprint density at radius 3 is 2.32 bits per heavy atom. The van der Waals surface area contributed by atoms with Crippen molar-refractivity contribution in [1.82, 2.24) is 0 Å². The normalized spacial score (nSPS) is 20.4. The molecule has 122 valence electrons. The number of nitro groups is 1. The number of hydrogen-bond acceptors (Lipinski definition) is 4. The van der Waals surface area contributed by atoms with Crippen LogP contribution in [0.1, 0.15) is 47.0 Å². The van der Waals surface area contributed by atoms with Crippen molar-refractivity contribution in [3.05, 3.63) is 28.3 Å². The molecule has 0 bridgehead atoms. The smallest absolute Gasteiger partial charge is 0.292 e. The summed E-state index contributed by atoms with van der Waals surface area (Å²) in [6.45, 7) is 9.07. The first-order valence-electron chi connectivity index (χ1n) is 7.71. The predicted octanol–water partition coefficient (Wildman–Crippen LogP) is 4.62. The molecule has 1 fully saturated rings. The van der Waals surface area contributed by atoms with Crippen molar-refractivity contribution < 1.29 is 9.66 Å². The van der Waals surface area contributed by atoms with Crippen LogP contribution in [-0.2, 0) is 0 Å². The Balaban J connectivity index is 2.27. The fourth-order valence-corrected chi connectivity index (χ4v) is 4.08. The van der Waals surface area contributed by atoms with Gasteiger partial charge < -0.3 is 10.1 Å². The molecule has 1 aromatic carbocycles. The highest BCUT2D eigenvalue weighted by atomic mass is 16.6. The summed E-state index contributed by atoms with van der Waals surface area (Å²) in [6, 6.07) is 5.06. The van der Waals surface area contributed by atoms with Gasteiger partial charge in [-0.05, 0) is 36.2 Å². The van der Waals surface area contributed by atoms with Crippen LogP contribution in [0.2, 0.25) is 0 Å². The van der Waals surface area contributed by atoms with E-state index in [4.69, 9.17) is 4.74 Å². The van der Waals surface area contributed by atoms with Gasteiger partial charge in [0.15, 0.2) is 0 Å². The Morgan fingerprint density at radius 2 is 1.82 bits per heavy atom. The second-order valence-corrected chi connectivity index (χ2v) is 7.89. The van der Waals surface area contributed by atoms with Gasteiger partial charge in [-0.3, -0.25) is 10.1 Å². The molecule has 0 aliphatic heterocycles. The zero-order valence-electron chi connectivity index (χ0n) is 14.1. The van der Waals surface area contributed by atoms with E-state index in [2.05, 4.69) is 33.0 Å². The maximum Gasteiger partial charge on any atom is 0.292 e. The first-order chi connectivity index (χ1) is 10.1. The van der Waals surface area contributed by atoms with Crippen LogP contribution < -0.4 is 10.1 Å². The molecule has 0 heterocycles. The van der Waals surface area contributed by atoms with Crippen LogP contribution in [0.5, 0.6) is 5.75 Å². The minimum Gasteiger partial charge on any atom is -0.497 e. The number of nitro benzene ring substituents is 1. The van der Waals surface area contributed by atoms with Crippen LogP contribution in [0.15, 0.2) is 18.2 Å². The molecule has 1 aliphatic rings. The number of nitrogens with zero attached hydrogens (tertiary/aromatic N) is 1. The molecule has 5 heteroatoms. The van der Waals surface area contributed by atoms with E-state index in [0.29, 0.717) is 11.4 Å². The summed E-state index contributed by atoms with van der Waals surface area (Å²) in [5.74, 6) is 0.627. The Labute approximate surface area is 132 Å². The van der Waals surface area contributed by atoms with E-state index in [1.807, 2.05) is 0 Å². The van der Waals surface area contributed by atoms with Gasteiger partial charge in [-0.2, -0.15) is 0 Å². The molecule has 2 rings (SSSR count). The highest BCUT2D eigenvalue weighted by molar-refractivity contribution is 5.64. The third-order valence-electron chi connectivity index (χ3n) is 4.32. The standard InChI is InChI=1S/C17H26N2O3/c1-16(2)9-12(10-17(3,4)11-16)18-14-8-13(22-5)6-7-15(14)19(20)21/h6-8,12,18H,9-11H2,1-5H3. The largest absolute Gasteiger partial charge is 0.497 e. The summed E-state index contributed by atoms with van der Waals surface area (Å²) in [5, 5.41) is 14.6. The Bertz CT molecular complexity index is 551. The third kappa shape index (κ3) is 3.90. The molecule has 0 amide bonds. The van der Waals surface area contributed by atoms with Crippen LogP contribution in [0.4, 0.5) is 11.4 Å². The Hall–Kier alpha value is -1.78. The van der Waals surface area contributed by atoms with E-state index in [1.54, 1.807) is 19.2 Å². The van der Waals surface area contributed by atoms with Gasteiger partial charge in [-0.15, -0.1) is 0 Å². The van der Waals surface area contributed by atoms with Gasteiger partial charge in [0, 0.05) is 18.2 Å². The molecule has 5 nitrogen and oxygen atoms in total. The van der Waals surface area contributed by atoms with Crippen LogP contribution in [-0.4, -0.2) is 18.1 Å². The highest BCUT2D eigenvalue weighted by Crippen LogP contribution is 2.47. The lowest BCUT2D eigenvalue weighted by atomic mass is 9.63. The molecule has 1 aromatic rings. The molecule has 0 saturated heterocycles. The maximum atomic E-state index is 11.2. The number of ether oxygens (including phenoxy) is 1. The van der Waals surface area contributed by atoms with Gasteiger partial charge in [-0.1, -0.05) is 27.7 Å². The average Bonchev–Trinajstić information content (AvgIpc) is 2.34. The molecular weight excluding hydrogens is 280 g/mol. The van der Waals surface area contributed by atoms with Crippen LogP contribution in [0.3, 0.4) is 0 Å². The topological polar surface area (TPSA) is 64.4 Å². The Morgan fingerprint density at radius 1 is 1.23 bits per heavy atom. The minimum atomic E-state index is -0.346. The van der Waals surface area contributed by atoms with E-state index in [9.17, 15) is 10.1 Å². The molecule has 1 N–H and O–H groups in total. The second-order valence-electron chi connectivity index (χ2n) is 7.89. The SMILES string of the molecule is COc1ccc([N+](=O)[O-])c(NC2CC(C)(C)CC(C)(C)C2)c1. The quantitative estimate of drug-likeness (QED) is 0.651. The van der Waals surface area contributed by atoms with Crippen molar-refractivity contribution in [2.45, 2.75) is 53.0 Å². The van der Waals surface area contributed by atoms with E-state index < -0.39 is 0 Å². The number of anilines is 1. The number of rotatable bonds is 4. The van der Waals surface area contributed by atoms with Crippen molar-refractivity contribution in [2.75, 3.05) is 12.4 Å². The summed E-state index contributed by atoms with van der Waals surface area (Å²) >= 11 is 0. The second kappa shape index (κ2) is 5.78. The first kappa shape index (κ1) is 16.6. The minimum absolute atomic E-state index is 0.0991. The number of hydrogen-bond donors (Lipinski definition) is 1. The van der Waals surface area contributed by atoms with Crippen LogP contribution in [0, 0.1) is 20.9 Å². The highest BCUT2D eigenvalue weighted by Gasteiger charge is 2.38. The molecule has 0 radical (unpaired) electrons. The summed E-state index contributed by atoms with van der Waals surface area (Å²) < 4.78 is 5.20. The van der Waals surface area contributed by atoms with Crippen molar-refractivity contribution in [3.8, 4) is 5.75 Å². The van der Waals surface area contributed by atoms with Crippen molar-refractivity contribution in [3.63, 3.8) is 0 Å². The third-order valence-corrected chi connectivity index (χ3v) is 4.32. The number of methoxy groups -OCH3 is 1. The summed E-state index contributed by atoms with van der Waals surface area (Å²) in [5.41, 5.74) is 1.10. The molecule has 0 aromatic heterocycles. The first-order valence-corrected chi connectivity index (χ1v) is 7.71. The number of nitrogens with one attached hydrogen (secondary N) is 1. The predicted molar refractivity (Wildman–Crippen MR) is 88.5 cm³/mol.